The van der Waals surface area contributed by atoms with E-state index in [0.717, 1.165) is 36.6 Å². The molecular weight excluding hydrogens is 230 g/mol. The summed E-state index contributed by atoms with van der Waals surface area (Å²) in [6.45, 7) is 2.07. The Hall–Kier alpha value is -0.670. The molecule has 4 heteroatoms. The molecular formula is C11H12ClNOS. The number of carbonyl (C=O) groups excluding carboxylic acids is 1. The molecule has 0 bridgehead atoms. The maximum Gasteiger partial charge on any atom is 0.150 e. The molecule has 15 heavy (non-hydrogen) atoms. The van der Waals surface area contributed by atoms with E-state index in [1.807, 2.05) is 23.9 Å². The first-order valence-electron chi connectivity index (χ1n) is 4.88. The molecule has 1 saturated heterocycles. The maximum absolute atomic E-state index is 10.6. The number of rotatable bonds is 2. The number of carbonyl (C=O) groups is 1. The molecule has 1 aliphatic rings. The Morgan fingerprint density at radius 3 is 2.67 bits per heavy atom. The summed E-state index contributed by atoms with van der Waals surface area (Å²) in [5.41, 5.74) is 1.68. The Morgan fingerprint density at radius 2 is 2.07 bits per heavy atom. The zero-order chi connectivity index (χ0) is 10.7. The van der Waals surface area contributed by atoms with Crippen LogP contribution in [0.3, 0.4) is 0 Å². The highest BCUT2D eigenvalue weighted by molar-refractivity contribution is 7.99. The molecule has 1 heterocycles. The van der Waals surface area contributed by atoms with Crippen molar-refractivity contribution in [3.63, 3.8) is 0 Å². The van der Waals surface area contributed by atoms with Crippen molar-refractivity contribution in [2.45, 2.75) is 0 Å². The first kappa shape index (κ1) is 10.8. The summed E-state index contributed by atoms with van der Waals surface area (Å²) >= 11 is 8.10. The Morgan fingerprint density at radius 1 is 1.33 bits per heavy atom. The van der Waals surface area contributed by atoms with E-state index in [9.17, 15) is 4.79 Å². The van der Waals surface area contributed by atoms with Crippen molar-refractivity contribution in [3.05, 3.63) is 28.8 Å². The van der Waals surface area contributed by atoms with Gasteiger partial charge in [0.15, 0.2) is 0 Å². The molecule has 80 valence electrons. The van der Waals surface area contributed by atoms with Gasteiger partial charge in [-0.2, -0.15) is 11.8 Å². The lowest BCUT2D eigenvalue weighted by atomic mass is 10.2. The number of hydrogen-bond donors (Lipinski definition) is 0. The van der Waals surface area contributed by atoms with Crippen LogP contribution in [-0.4, -0.2) is 30.9 Å². The molecule has 0 aliphatic carbocycles. The lowest BCUT2D eigenvalue weighted by Crippen LogP contribution is -2.32. The largest absolute Gasteiger partial charge is 0.369 e. The van der Waals surface area contributed by atoms with Gasteiger partial charge < -0.3 is 4.90 Å². The smallest absolute Gasteiger partial charge is 0.150 e. The van der Waals surface area contributed by atoms with Crippen LogP contribution < -0.4 is 4.90 Å². The fourth-order valence-electron chi connectivity index (χ4n) is 1.66. The van der Waals surface area contributed by atoms with Gasteiger partial charge in [-0.25, -0.2) is 0 Å². The van der Waals surface area contributed by atoms with Crippen molar-refractivity contribution in [1.29, 1.82) is 0 Å². The molecule has 0 radical (unpaired) electrons. The summed E-state index contributed by atoms with van der Waals surface area (Å²) in [5, 5.41) is 0.673. The van der Waals surface area contributed by atoms with Crippen molar-refractivity contribution in [2.24, 2.45) is 0 Å². The summed E-state index contributed by atoms with van der Waals surface area (Å²) in [6.07, 6.45) is 0.821. The number of hydrogen-bond acceptors (Lipinski definition) is 3. The van der Waals surface area contributed by atoms with Crippen LogP contribution >= 0.6 is 23.4 Å². The van der Waals surface area contributed by atoms with Gasteiger partial charge in [-0.3, -0.25) is 4.79 Å². The molecule has 0 N–H and O–H groups in total. The Kier molecular flexibility index (Phi) is 3.54. The predicted octanol–water partition coefficient (Wildman–Crippen LogP) is 2.71. The number of aldehydes is 1. The molecule has 0 saturated carbocycles. The van der Waals surface area contributed by atoms with Gasteiger partial charge in [0.1, 0.15) is 6.29 Å². The second-order valence-electron chi connectivity index (χ2n) is 3.43. The predicted molar refractivity (Wildman–Crippen MR) is 66.4 cm³/mol. The molecule has 2 nitrogen and oxygen atoms in total. The lowest BCUT2D eigenvalue weighted by molar-refractivity contribution is 0.112. The van der Waals surface area contributed by atoms with Crippen molar-refractivity contribution in [2.75, 3.05) is 29.5 Å². The highest BCUT2D eigenvalue weighted by atomic mass is 35.5. The Balaban J connectivity index is 2.23. The van der Waals surface area contributed by atoms with Crippen molar-refractivity contribution < 1.29 is 4.79 Å². The van der Waals surface area contributed by atoms with Gasteiger partial charge in [-0.05, 0) is 18.2 Å². The van der Waals surface area contributed by atoms with Crippen LogP contribution in [0.2, 0.25) is 5.02 Å². The minimum atomic E-state index is 0.634. The minimum Gasteiger partial charge on any atom is -0.369 e. The molecule has 1 fully saturated rings. The Labute approximate surface area is 98.6 Å². The average Bonchev–Trinajstić information content (AvgIpc) is 2.30. The van der Waals surface area contributed by atoms with Crippen LogP contribution in [0.25, 0.3) is 0 Å². The van der Waals surface area contributed by atoms with E-state index < -0.39 is 0 Å². The van der Waals surface area contributed by atoms with Crippen molar-refractivity contribution >= 4 is 35.3 Å². The monoisotopic (exact) mass is 241 g/mol. The van der Waals surface area contributed by atoms with Crippen LogP contribution in [0.4, 0.5) is 5.69 Å². The highest BCUT2D eigenvalue weighted by Gasteiger charge is 2.13. The third-order valence-electron chi connectivity index (χ3n) is 2.46. The van der Waals surface area contributed by atoms with Crippen LogP contribution in [-0.2, 0) is 0 Å². The molecule has 0 aromatic heterocycles. The number of nitrogens with zero attached hydrogens (tertiary/aromatic N) is 1. The van der Waals surface area contributed by atoms with Crippen LogP contribution in [0.1, 0.15) is 10.4 Å². The first-order valence-corrected chi connectivity index (χ1v) is 6.42. The van der Waals surface area contributed by atoms with Gasteiger partial charge in [0.25, 0.3) is 0 Å². The summed E-state index contributed by atoms with van der Waals surface area (Å²) in [6, 6.07) is 5.48. The van der Waals surface area contributed by atoms with Crippen LogP contribution in [0, 0.1) is 0 Å². The standard InChI is InChI=1S/C11H12ClNOS/c12-10-7-9(8-14)1-2-11(10)13-3-5-15-6-4-13/h1-2,7-8H,3-6H2. The summed E-state index contributed by atoms with van der Waals surface area (Å²) in [7, 11) is 0. The molecule has 0 spiro atoms. The quantitative estimate of drug-likeness (QED) is 0.743. The molecule has 0 amide bonds. The number of halogens is 1. The summed E-state index contributed by atoms with van der Waals surface area (Å²) < 4.78 is 0. The Bertz CT molecular complexity index is 364. The van der Waals surface area contributed by atoms with Gasteiger partial charge in [-0.1, -0.05) is 11.6 Å². The fraction of sp³-hybridized carbons (Fsp3) is 0.364. The van der Waals surface area contributed by atoms with Gasteiger partial charge in [0, 0.05) is 30.2 Å². The van der Waals surface area contributed by atoms with Crippen molar-refractivity contribution in [1.82, 2.24) is 0 Å². The topological polar surface area (TPSA) is 20.3 Å². The van der Waals surface area contributed by atoms with Crippen LogP contribution in [0.5, 0.6) is 0 Å². The molecule has 0 unspecified atom stereocenters. The second-order valence-corrected chi connectivity index (χ2v) is 5.06. The summed E-state index contributed by atoms with van der Waals surface area (Å²) in [5.74, 6) is 2.29. The zero-order valence-corrected chi connectivity index (χ0v) is 9.85. The van der Waals surface area contributed by atoms with Gasteiger partial charge in [-0.15, -0.1) is 0 Å². The van der Waals surface area contributed by atoms with Crippen molar-refractivity contribution in [3.8, 4) is 0 Å². The maximum atomic E-state index is 10.6. The molecule has 1 aromatic rings. The highest BCUT2D eigenvalue weighted by Crippen LogP contribution is 2.28. The third-order valence-corrected chi connectivity index (χ3v) is 3.70. The van der Waals surface area contributed by atoms with Gasteiger partial charge >= 0.3 is 0 Å². The number of anilines is 1. The number of benzene rings is 1. The van der Waals surface area contributed by atoms with E-state index in [4.69, 9.17) is 11.6 Å². The first-order chi connectivity index (χ1) is 7.31. The van der Waals surface area contributed by atoms with E-state index in [1.165, 1.54) is 0 Å². The van der Waals surface area contributed by atoms with Crippen LogP contribution in [0.15, 0.2) is 18.2 Å². The lowest BCUT2D eigenvalue weighted by Gasteiger charge is -2.29. The van der Waals surface area contributed by atoms with E-state index in [-0.39, 0.29) is 0 Å². The molecule has 1 aliphatic heterocycles. The fourth-order valence-corrected chi connectivity index (χ4v) is 2.87. The third kappa shape index (κ3) is 2.47. The van der Waals surface area contributed by atoms with E-state index in [1.54, 1.807) is 6.07 Å². The second kappa shape index (κ2) is 4.90. The van der Waals surface area contributed by atoms with Gasteiger partial charge in [0.2, 0.25) is 0 Å². The number of thioether (sulfide) groups is 1. The molecule has 1 aromatic carbocycles. The van der Waals surface area contributed by atoms with E-state index in [0.29, 0.717) is 10.6 Å². The zero-order valence-electron chi connectivity index (χ0n) is 8.28. The molecule has 0 atom stereocenters. The van der Waals surface area contributed by atoms with E-state index in [2.05, 4.69) is 4.90 Å². The summed E-state index contributed by atoms with van der Waals surface area (Å²) in [4.78, 5) is 12.8. The normalized spacial score (nSPS) is 16.5. The van der Waals surface area contributed by atoms with Gasteiger partial charge in [0.05, 0.1) is 10.7 Å². The molecule has 2 rings (SSSR count). The average molecular weight is 242 g/mol. The SMILES string of the molecule is O=Cc1ccc(N2CCSCC2)c(Cl)c1. The minimum absolute atomic E-state index is 0.634. The van der Waals surface area contributed by atoms with E-state index >= 15 is 0 Å².